The lowest BCUT2D eigenvalue weighted by molar-refractivity contribution is -0.136. The number of carbonyl (C=O) groups excluding carboxylic acids is 2. The van der Waals surface area contributed by atoms with Gasteiger partial charge in [0.25, 0.3) is 0 Å². The number of piperidine rings is 1. The summed E-state index contributed by atoms with van der Waals surface area (Å²) in [6.45, 7) is 3.62. The van der Waals surface area contributed by atoms with Crippen molar-refractivity contribution in [1.29, 1.82) is 0 Å². The highest BCUT2D eigenvalue weighted by molar-refractivity contribution is 5.78. The molecule has 2 rings (SSSR count). The van der Waals surface area contributed by atoms with E-state index in [4.69, 9.17) is 4.74 Å². The van der Waals surface area contributed by atoms with Gasteiger partial charge in [0.1, 0.15) is 5.75 Å². The topological polar surface area (TPSA) is 49.9 Å². The van der Waals surface area contributed by atoms with E-state index in [1.807, 2.05) is 42.3 Å². The van der Waals surface area contributed by atoms with E-state index in [0.717, 1.165) is 38.0 Å². The maximum Gasteiger partial charge on any atom is 0.224 e. The van der Waals surface area contributed by atoms with Crippen LogP contribution in [-0.2, 0) is 9.59 Å². The van der Waals surface area contributed by atoms with Gasteiger partial charge in [-0.1, -0.05) is 18.2 Å². The Kier molecular flexibility index (Phi) is 7.09. The van der Waals surface area contributed by atoms with E-state index < -0.39 is 0 Å². The number of likely N-dealkylation sites (tertiary alicyclic amines) is 1. The van der Waals surface area contributed by atoms with E-state index >= 15 is 0 Å². The third-order valence-corrected chi connectivity index (χ3v) is 4.52. The summed E-state index contributed by atoms with van der Waals surface area (Å²) < 4.78 is 5.64. The fourth-order valence-corrected chi connectivity index (χ4v) is 3.12. The van der Waals surface area contributed by atoms with Crippen molar-refractivity contribution in [3.05, 3.63) is 30.3 Å². The second kappa shape index (κ2) is 9.30. The first kappa shape index (κ1) is 18.3. The first-order chi connectivity index (χ1) is 11.6. The molecule has 0 spiro atoms. The number of rotatable bonds is 7. The fraction of sp³-hybridized carbons (Fsp3) is 0.579. The normalized spacial score (nSPS) is 17.4. The van der Waals surface area contributed by atoms with Crippen molar-refractivity contribution < 1.29 is 14.3 Å². The highest BCUT2D eigenvalue weighted by Gasteiger charge is 2.27. The number of amides is 2. The summed E-state index contributed by atoms with van der Waals surface area (Å²) in [5.74, 6) is 1.03. The Morgan fingerprint density at radius 2 is 2.00 bits per heavy atom. The lowest BCUT2D eigenvalue weighted by Gasteiger charge is -2.35. The second-order valence-corrected chi connectivity index (χ2v) is 6.40. The number of hydrogen-bond acceptors (Lipinski definition) is 3. The maximum absolute atomic E-state index is 12.4. The molecule has 0 saturated carbocycles. The second-order valence-electron chi connectivity index (χ2n) is 6.40. The van der Waals surface area contributed by atoms with Crippen LogP contribution in [0, 0.1) is 0 Å². The largest absolute Gasteiger partial charge is 0.494 e. The highest BCUT2D eigenvalue weighted by Crippen LogP contribution is 2.20. The van der Waals surface area contributed by atoms with Crippen molar-refractivity contribution >= 4 is 11.8 Å². The molecular weight excluding hydrogens is 304 g/mol. The molecule has 1 aliphatic rings. The van der Waals surface area contributed by atoms with Crippen LogP contribution in [0.4, 0.5) is 0 Å². The quantitative estimate of drug-likeness (QED) is 0.721. The number of ether oxygens (including phenoxy) is 1. The molecule has 24 heavy (non-hydrogen) atoms. The van der Waals surface area contributed by atoms with Crippen LogP contribution in [0.15, 0.2) is 30.3 Å². The van der Waals surface area contributed by atoms with E-state index in [9.17, 15) is 9.59 Å². The molecule has 1 aromatic rings. The lowest BCUT2D eigenvalue weighted by atomic mass is 9.98. The van der Waals surface area contributed by atoms with E-state index in [-0.39, 0.29) is 17.9 Å². The summed E-state index contributed by atoms with van der Waals surface area (Å²) in [5.41, 5.74) is 0. The average Bonchev–Trinajstić information content (AvgIpc) is 2.59. The van der Waals surface area contributed by atoms with E-state index in [1.54, 1.807) is 11.8 Å². The molecule has 0 aliphatic carbocycles. The van der Waals surface area contributed by atoms with E-state index in [1.165, 1.54) is 0 Å². The number of para-hydroxylation sites is 1. The summed E-state index contributed by atoms with van der Waals surface area (Å²) in [4.78, 5) is 27.7. The predicted molar refractivity (Wildman–Crippen MR) is 93.8 cm³/mol. The van der Waals surface area contributed by atoms with Crippen LogP contribution in [0.25, 0.3) is 0 Å². The average molecular weight is 332 g/mol. The molecule has 1 heterocycles. The summed E-state index contributed by atoms with van der Waals surface area (Å²) in [7, 11) is 1.83. The molecule has 1 saturated heterocycles. The van der Waals surface area contributed by atoms with E-state index in [0.29, 0.717) is 19.6 Å². The molecule has 0 aromatic heterocycles. The predicted octanol–water partition coefficient (Wildman–Crippen LogP) is 2.71. The summed E-state index contributed by atoms with van der Waals surface area (Å²) in [6, 6.07) is 9.75. The zero-order chi connectivity index (χ0) is 17.4. The van der Waals surface area contributed by atoms with Crippen LogP contribution in [0.3, 0.4) is 0 Å². The van der Waals surface area contributed by atoms with Crippen LogP contribution in [0.2, 0.25) is 0 Å². The van der Waals surface area contributed by atoms with Gasteiger partial charge in [-0.2, -0.15) is 0 Å². The third kappa shape index (κ3) is 5.55. The van der Waals surface area contributed by atoms with Crippen LogP contribution in [-0.4, -0.2) is 54.4 Å². The molecule has 5 nitrogen and oxygen atoms in total. The van der Waals surface area contributed by atoms with Crippen molar-refractivity contribution in [3.63, 3.8) is 0 Å². The molecular formula is C19H28N2O3. The van der Waals surface area contributed by atoms with Crippen molar-refractivity contribution in [2.24, 2.45) is 0 Å². The Labute approximate surface area is 144 Å². The van der Waals surface area contributed by atoms with E-state index in [2.05, 4.69) is 0 Å². The molecule has 1 fully saturated rings. The van der Waals surface area contributed by atoms with Gasteiger partial charge in [0, 0.05) is 39.5 Å². The molecule has 5 heteroatoms. The van der Waals surface area contributed by atoms with Gasteiger partial charge in [-0.15, -0.1) is 0 Å². The Morgan fingerprint density at radius 1 is 1.25 bits per heavy atom. The maximum atomic E-state index is 12.4. The smallest absolute Gasteiger partial charge is 0.224 e. The molecule has 0 bridgehead atoms. The molecule has 0 unspecified atom stereocenters. The van der Waals surface area contributed by atoms with Crippen molar-refractivity contribution in [2.75, 3.05) is 26.7 Å². The number of hydrogen-bond donors (Lipinski definition) is 0. The van der Waals surface area contributed by atoms with Gasteiger partial charge >= 0.3 is 0 Å². The Balaban J connectivity index is 1.70. The van der Waals surface area contributed by atoms with Gasteiger partial charge < -0.3 is 14.5 Å². The minimum Gasteiger partial charge on any atom is -0.494 e. The lowest BCUT2D eigenvalue weighted by Crippen LogP contribution is -2.45. The molecule has 1 aliphatic heterocycles. The number of benzene rings is 1. The van der Waals surface area contributed by atoms with Gasteiger partial charge in [0.15, 0.2) is 0 Å². The fourth-order valence-electron chi connectivity index (χ4n) is 3.12. The van der Waals surface area contributed by atoms with Crippen molar-refractivity contribution in [1.82, 2.24) is 9.80 Å². The van der Waals surface area contributed by atoms with Crippen molar-refractivity contribution in [2.45, 2.75) is 45.1 Å². The first-order valence-electron chi connectivity index (χ1n) is 8.77. The van der Waals surface area contributed by atoms with Crippen LogP contribution in [0.1, 0.15) is 39.0 Å². The van der Waals surface area contributed by atoms with Gasteiger partial charge in [0.05, 0.1) is 6.61 Å². The standard InChI is InChI=1S/C19H28N2O3/c1-16(22)21-13-7-6-9-17(21)15-19(23)20(2)12-8-14-24-18-10-4-3-5-11-18/h3-5,10-11,17H,6-9,12-15H2,1-2H3/t17-/m1/s1. The Bertz CT molecular complexity index is 533. The minimum atomic E-state index is 0.0618. The zero-order valence-corrected chi connectivity index (χ0v) is 14.7. The highest BCUT2D eigenvalue weighted by atomic mass is 16.5. The molecule has 1 aromatic carbocycles. The summed E-state index contributed by atoms with van der Waals surface area (Å²) >= 11 is 0. The van der Waals surface area contributed by atoms with Gasteiger partial charge in [-0.25, -0.2) is 0 Å². The Hall–Kier alpha value is -2.04. The molecule has 0 N–H and O–H groups in total. The first-order valence-corrected chi connectivity index (χ1v) is 8.77. The SMILES string of the molecule is CC(=O)N1CCCC[C@@H]1CC(=O)N(C)CCCOc1ccccc1. The van der Waals surface area contributed by atoms with Crippen LogP contribution >= 0.6 is 0 Å². The molecule has 0 radical (unpaired) electrons. The molecule has 1 atom stereocenters. The Morgan fingerprint density at radius 3 is 2.71 bits per heavy atom. The minimum absolute atomic E-state index is 0.0618. The third-order valence-electron chi connectivity index (χ3n) is 4.52. The monoisotopic (exact) mass is 332 g/mol. The molecule has 2 amide bonds. The van der Waals surface area contributed by atoms with Gasteiger partial charge in [-0.3, -0.25) is 9.59 Å². The van der Waals surface area contributed by atoms with Gasteiger partial charge in [-0.05, 0) is 37.8 Å². The molecule has 132 valence electrons. The summed E-state index contributed by atoms with van der Waals surface area (Å²) in [5, 5.41) is 0. The number of nitrogens with zero attached hydrogens (tertiary/aromatic N) is 2. The van der Waals surface area contributed by atoms with Gasteiger partial charge in [0.2, 0.25) is 11.8 Å². The van der Waals surface area contributed by atoms with Crippen molar-refractivity contribution in [3.8, 4) is 5.75 Å². The zero-order valence-electron chi connectivity index (χ0n) is 14.7. The van der Waals surface area contributed by atoms with Crippen LogP contribution < -0.4 is 4.74 Å². The number of carbonyl (C=O) groups is 2. The van der Waals surface area contributed by atoms with Crippen LogP contribution in [0.5, 0.6) is 5.75 Å². The summed E-state index contributed by atoms with van der Waals surface area (Å²) in [6.07, 6.45) is 4.28.